The standard InChI is InChI=1S/C17H21N3O3/c1-11(2)20-10-12(17(22)19-6-8-23-9-7-19)16(21)15-13(18)4-3-5-14(15)20/h3-5,10-11H,6-9,18H2,1-2H3. The van der Waals surface area contributed by atoms with Crippen LogP contribution in [0.2, 0.25) is 0 Å². The minimum atomic E-state index is -0.300. The third kappa shape index (κ3) is 2.70. The molecule has 1 fully saturated rings. The average molecular weight is 315 g/mol. The number of hydrogen-bond acceptors (Lipinski definition) is 4. The van der Waals surface area contributed by atoms with Gasteiger partial charge in [0.1, 0.15) is 5.56 Å². The molecule has 0 spiro atoms. The van der Waals surface area contributed by atoms with Gasteiger partial charge in [0, 0.05) is 31.0 Å². The van der Waals surface area contributed by atoms with E-state index in [4.69, 9.17) is 10.5 Å². The maximum absolute atomic E-state index is 12.8. The number of benzene rings is 1. The monoisotopic (exact) mass is 315 g/mol. The van der Waals surface area contributed by atoms with Crippen molar-refractivity contribution in [1.82, 2.24) is 9.47 Å². The van der Waals surface area contributed by atoms with Crippen molar-refractivity contribution in [3.05, 3.63) is 40.2 Å². The Labute approximate surface area is 134 Å². The van der Waals surface area contributed by atoms with Crippen LogP contribution >= 0.6 is 0 Å². The number of ether oxygens (including phenoxy) is 1. The summed E-state index contributed by atoms with van der Waals surface area (Å²) in [6, 6.07) is 5.48. The zero-order chi connectivity index (χ0) is 16.6. The van der Waals surface area contributed by atoms with E-state index in [1.165, 1.54) is 0 Å². The van der Waals surface area contributed by atoms with E-state index in [1.807, 2.05) is 30.5 Å². The number of nitrogens with two attached hydrogens (primary N) is 1. The number of anilines is 1. The van der Waals surface area contributed by atoms with Crippen LogP contribution in [-0.4, -0.2) is 41.7 Å². The van der Waals surface area contributed by atoms with Gasteiger partial charge in [0.05, 0.1) is 24.1 Å². The highest BCUT2D eigenvalue weighted by atomic mass is 16.5. The number of aromatic nitrogens is 1. The van der Waals surface area contributed by atoms with Crippen molar-refractivity contribution in [2.45, 2.75) is 19.9 Å². The molecule has 0 radical (unpaired) electrons. The number of nitrogen functional groups attached to an aromatic ring is 1. The number of nitrogens with zero attached hydrogens (tertiary/aromatic N) is 2. The fraction of sp³-hybridized carbons (Fsp3) is 0.412. The smallest absolute Gasteiger partial charge is 0.259 e. The van der Waals surface area contributed by atoms with Gasteiger partial charge >= 0.3 is 0 Å². The van der Waals surface area contributed by atoms with Crippen molar-refractivity contribution in [3.63, 3.8) is 0 Å². The van der Waals surface area contributed by atoms with Gasteiger partial charge in [-0.3, -0.25) is 9.59 Å². The molecule has 2 heterocycles. The summed E-state index contributed by atoms with van der Waals surface area (Å²) < 4.78 is 7.20. The van der Waals surface area contributed by atoms with Crippen LogP contribution in [0.25, 0.3) is 10.9 Å². The predicted molar refractivity (Wildman–Crippen MR) is 89.7 cm³/mol. The van der Waals surface area contributed by atoms with Gasteiger partial charge in [0.2, 0.25) is 5.43 Å². The lowest BCUT2D eigenvalue weighted by Crippen LogP contribution is -2.42. The van der Waals surface area contributed by atoms with Crippen molar-refractivity contribution in [2.75, 3.05) is 32.0 Å². The maximum Gasteiger partial charge on any atom is 0.259 e. The SMILES string of the molecule is CC(C)n1cc(C(=O)N2CCOCC2)c(=O)c2c(N)cccc21. The van der Waals surface area contributed by atoms with Crippen molar-refractivity contribution < 1.29 is 9.53 Å². The van der Waals surface area contributed by atoms with Gasteiger partial charge in [-0.15, -0.1) is 0 Å². The van der Waals surface area contributed by atoms with E-state index in [1.54, 1.807) is 17.2 Å². The van der Waals surface area contributed by atoms with Crippen LogP contribution in [0.4, 0.5) is 5.69 Å². The number of fused-ring (bicyclic) bond motifs is 1. The Morgan fingerprint density at radius 2 is 1.96 bits per heavy atom. The molecule has 6 heteroatoms. The van der Waals surface area contributed by atoms with Gasteiger partial charge in [-0.1, -0.05) is 6.07 Å². The summed E-state index contributed by atoms with van der Waals surface area (Å²) in [5.41, 5.74) is 7.04. The minimum absolute atomic E-state index is 0.108. The molecule has 0 unspecified atom stereocenters. The molecule has 0 aliphatic carbocycles. The molecule has 1 amide bonds. The first kappa shape index (κ1) is 15.6. The summed E-state index contributed by atoms with van der Waals surface area (Å²) in [5, 5.41) is 0.417. The van der Waals surface area contributed by atoms with Crippen molar-refractivity contribution in [3.8, 4) is 0 Å². The van der Waals surface area contributed by atoms with Crippen LogP contribution in [0, 0.1) is 0 Å². The third-order valence-corrected chi connectivity index (χ3v) is 4.18. The number of hydrogen-bond donors (Lipinski definition) is 1. The first-order valence-electron chi connectivity index (χ1n) is 7.81. The fourth-order valence-electron chi connectivity index (χ4n) is 2.94. The first-order chi connectivity index (χ1) is 11.0. The van der Waals surface area contributed by atoms with Crippen LogP contribution in [-0.2, 0) is 4.74 Å². The highest BCUT2D eigenvalue weighted by Crippen LogP contribution is 2.22. The van der Waals surface area contributed by atoms with E-state index in [9.17, 15) is 9.59 Å². The maximum atomic E-state index is 12.8. The van der Waals surface area contributed by atoms with Crippen LogP contribution < -0.4 is 11.2 Å². The van der Waals surface area contributed by atoms with E-state index < -0.39 is 0 Å². The van der Waals surface area contributed by atoms with Gasteiger partial charge in [-0.05, 0) is 26.0 Å². The van der Waals surface area contributed by atoms with Crippen molar-refractivity contribution in [1.29, 1.82) is 0 Å². The van der Waals surface area contributed by atoms with Crippen LogP contribution in [0.15, 0.2) is 29.2 Å². The van der Waals surface area contributed by atoms with Gasteiger partial charge in [0.15, 0.2) is 0 Å². The van der Waals surface area contributed by atoms with Crippen LogP contribution in [0.1, 0.15) is 30.2 Å². The molecule has 1 aliphatic rings. The summed E-state index contributed by atoms with van der Waals surface area (Å²) in [6.45, 7) is 6.02. The Morgan fingerprint density at radius 3 is 2.61 bits per heavy atom. The van der Waals surface area contributed by atoms with Gasteiger partial charge < -0.3 is 19.9 Å². The Hall–Kier alpha value is -2.34. The lowest BCUT2D eigenvalue weighted by molar-refractivity contribution is 0.0301. The summed E-state index contributed by atoms with van der Waals surface area (Å²) in [7, 11) is 0. The molecule has 1 aromatic heterocycles. The molecule has 2 aromatic rings. The molecule has 0 atom stereocenters. The van der Waals surface area contributed by atoms with E-state index in [-0.39, 0.29) is 22.9 Å². The van der Waals surface area contributed by atoms with Crippen molar-refractivity contribution >= 4 is 22.5 Å². The lowest BCUT2D eigenvalue weighted by atomic mass is 10.1. The molecule has 3 rings (SSSR count). The second-order valence-corrected chi connectivity index (χ2v) is 6.02. The molecular formula is C17H21N3O3. The molecule has 1 saturated heterocycles. The molecule has 1 aliphatic heterocycles. The summed E-state index contributed by atoms with van der Waals surface area (Å²) in [4.78, 5) is 27.3. The molecule has 0 saturated carbocycles. The Morgan fingerprint density at radius 1 is 1.26 bits per heavy atom. The summed E-state index contributed by atoms with van der Waals surface area (Å²) >= 11 is 0. The zero-order valence-corrected chi connectivity index (χ0v) is 13.4. The normalized spacial score (nSPS) is 15.3. The molecule has 23 heavy (non-hydrogen) atoms. The van der Waals surface area contributed by atoms with E-state index in [0.29, 0.717) is 37.4 Å². The number of amides is 1. The molecule has 0 bridgehead atoms. The molecule has 6 nitrogen and oxygen atoms in total. The number of pyridine rings is 1. The highest BCUT2D eigenvalue weighted by Gasteiger charge is 2.23. The van der Waals surface area contributed by atoms with Gasteiger partial charge in [0.25, 0.3) is 5.91 Å². The molecule has 1 aromatic carbocycles. The lowest BCUT2D eigenvalue weighted by Gasteiger charge is -2.27. The Bertz CT molecular complexity index is 805. The van der Waals surface area contributed by atoms with Crippen LogP contribution in [0.3, 0.4) is 0 Å². The number of carbonyl (C=O) groups excluding carboxylic acids is 1. The number of morpholine rings is 1. The second kappa shape index (κ2) is 6.04. The summed E-state index contributed by atoms with van der Waals surface area (Å²) in [6.07, 6.45) is 1.66. The minimum Gasteiger partial charge on any atom is -0.398 e. The topological polar surface area (TPSA) is 77.6 Å². The predicted octanol–water partition coefficient (Wildman–Crippen LogP) is 1.64. The summed E-state index contributed by atoms with van der Waals surface area (Å²) in [5.74, 6) is -0.252. The quantitative estimate of drug-likeness (QED) is 0.855. The number of carbonyl (C=O) groups is 1. The van der Waals surface area contributed by atoms with Crippen LogP contribution in [0.5, 0.6) is 0 Å². The fourth-order valence-corrected chi connectivity index (χ4v) is 2.94. The van der Waals surface area contributed by atoms with Gasteiger partial charge in [-0.2, -0.15) is 0 Å². The number of rotatable bonds is 2. The average Bonchev–Trinajstić information content (AvgIpc) is 2.55. The Balaban J connectivity index is 2.21. The van der Waals surface area contributed by atoms with E-state index in [0.717, 1.165) is 5.52 Å². The van der Waals surface area contributed by atoms with E-state index >= 15 is 0 Å². The van der Waals surface area contributed by atoms with E-state index in [2.05, 4.69) is 0 Å². The second-order valence-electron chi connectivity index (χ2n) is 6.02. The Kier molecular flexibility index (Phi) is 4.09. The highest BCUT2D eigenvalue weighted by molar-refractivity contribution is 6.00. The van der Waals surface area contributed by atoms with Gasteiger partial charge in [-0.25, -0.2) is 0 Å². The van der Waals surface area contributed by atoms with Crippen molar-refractivity contribution in [2.24, 2.45) is 0 Å². The molecule has 122 valence electrons. The first-order valence-corrected chi connectivity index (χ1v) is 7.81. The third-order valence-electron chi connectivity index (χ3n) is 4.18. The largest absolute Gasteiger partial charge is 0.398 e. The molecular weight excluding hydrogens is 294 g/mol. The molecule has 2 N–H and O–H groups in total. The zero-order valence-electron chi connectivity index (χ0n) is 13.4.